The van der Waals surface area contributed by atoms with Gasteiger partial charge in [0.25, 0.3) is 0 Å². The van der Waals surface area contributed by atoms with Crippen LogP contribution in [0.2, 0.25) is 0 Å². The predicted octanol–water partition coefficient (Wildman–Crippen LogP) is 0.335. The molecule has 0 spiro atoms. The van der Waals surface area contributed by atoms with Gasteiger partial charge in [0.1, 0.15) is 0 Å². The standard InChI is InChI=1S/C8H16N2/c1-3-9-5-7-10(4-2)8-6-9/h1H,3-8H2,2H3. The molecular formula is C8H16N2. The van der Waals surface area contributed by atoms with Crippen LogP contribution in [0.25, 0.3) is 0 Å². The van der Waals surface area contributed by atoms with E-state index in [-0.39, 0.29) is 0 Å². The zero-order valence-corrected chi connectivity index (χ0v) is 6.71. The van der Waals surface area contributed by atoms with Crippen molar-refractivity contribution in [2.24, 2.45) is 0 Å². The summed E-state index contributed by atoms with van der Waals surface area (Å²) in [4.78, 5) is 4.73. The molecule has 1 rings (SSSR count). The highest BCUT2D eigenvalue weighted by atomic mass is 15.2. The zero-order chi connectivity index (χ0) is 7.40. The van der Waals surface area contributed by atoms with E-state index in [2.05, 4.69) is 16.7 Å². The SMILES string of the molecule is [CH]CN1CCN(CC)CC1. The molecule has 1 saturated heterocycles. The monoisotopic (exact) mass is 140 g/mol. The average molecular weight is 140 g/mol. The van der Waals surface area contributed by atoms with Crippen LogP contribution in [-0.2, 0) is 0 Å². The van der Waals surface area contributed by atoms with Gasteiger partial charge in [-0.1, -0.05) is 6.92 Å². The quantitative estimate of drug-likeness (QED) is 0.545. The Morgan fingerprint density at radius 3 is 2.00 bits per heavy atom. The van der Waals surface area contributed by atoms with Crippen molar-refractivity contribution >= 4 is 0 Å². The van der Waals surface area contributed by atoms with Gasteiger partial charge in [-0.25, -0.2) is 0 Å². The van der Waals surface area contributed by atoms with Gasteiger partial charge in [-0.3, -0.25) is 0 Å². The van der Waals surface area contributed by atoms with E-state index >= 15 is 0 Å². The topological polar surface area (TPSA) is 6.48 Å². The van der Waals surface area contributed by atoms with Gasteiger partial charge in [0.05, 0.1) is 0 Å². The lowest BCUT2D eigenvalue weighted by Gasteiger charge is -2.32. The number of hydrogen-bond donors (Lipinski definition) is 0. The fourth-order valence-corrected chi connectivity index (χ4v) is 1.29. The van der Waals surface area contributed by atoms with Crippen molar-refractivity contribution in [1.82, 2.24) is 9.80 Å². The third-order valence-electron chi connectivity index (χ3n) is 2.17. The Morgan fingerprint density at radius 2 is 1.60 bits per heavy atom. The van der Waals surface area contributed by atoms with E-state index in [1.165, 1.54) is 19.6 Å². The van der Waals surface area contributed by atoms with Crippen LogP contribution < -0.4 is 0 Å². The number of piperazine rings is 1. The van der Waals surface area contributed by atoms with Gasteiger partial charge in [0.15, 0.2) is 0 Å². The lowest BCUT2D eigenvalue weighted by atomic mass is 10.3. The van der Waals surface area contributed by atoms with Crippen molar-refractivity contribution in [2.75, 3.05) is 39.3 Å². The molecule has 0 bridgehead atoms. The molecule has 1 heterocycles. The number of hydrogen-bond acceptors (Lipinski definition) is 2. The van der Waals surface area contributed by atoms with Crippen LogP contribution in [0.4, 0.5) is 0 Å². The van der Waals surface area contributed by atoms with E-state index in [1.54, 1.807) is 0 Å². The molecule has 1 aliphatic heterocycles. The molecular weight excluding hydrogens is 124 g/mol. The molecule has 0 aromatic carbocycles. The molecule has 0 aromatic heterocycles. The Balaban J connectivity index is 2.17. The maximum atomic E-state index is 5.50. The molecule has 0 unspecified atom stereocenters. The summed E-state index contributed by atoms with van der Waals surface area (Å²) in [7, 11) is 0. The van der Waals surface area contributed by atoms with Gasteiger partial charge in [0, 0.05) is 32.7 Å². The Bertz CT molecular complexity index is 73.3. The molecule has 2 radical (unpaired) electrons. The molecule has 1 fully saturated rings. The number of rotatable bonds is 2. The van der Waals surface area contributed by atoms with Crippen LogP contribution in [0.3, 0.4) is 0 Å². The Morgan fingerprint density at radius 1 is 1.10 bits per heavy atom. The van der Waals surface area contributed by atoms with Crippen LogP contribution in [-0.4, -0.2) is 49.1 Å². The van der Waals surface area contributed by atoms with Crippen molar-refractivity contribution in [3.8, 4) is 0 Å². The third-order valence-corrected chi connectivity index (χ3v) is 2.17. The van der Waals surface area contributed by atoms with Gasteiger partial charge in [0.2, 0.25) is 0 Å². The summed E-state index contributed by atoms with van der Waals surface area (Å²) < 4.78 is 0. The van der Waals surface area contributed by atoms with Crippen molar-refractivity contribution in [3.63, 3.8) is 0 Å². The summed E-state index contributed by atoms with van der Waals surface area (Å²) in [5.41, 5.74) is 0. The highest BCUT2D eigenvalue weighted by Gasteiger charge is 2.12. The molecule has 0 atom stereocenters. The lowest BCUT2D eigenvalue weighted by molar-refractivity contribution is 0.147. The minimum Gasteiger partial charge on any atom is -0.301 e. The van der Waals surface area contributed by atoms with Crippen LogP contribution in [0, 0.1) is 6.92 Å². The molecule has 2 nitrogen and oxygen atoms in total. The summed E-state index contributed by atoms with van der Waals surface area (Å²) in [5, 5.41) is 0. The molecule has 2 heteroatoms. The summed E-state index contributed by atoms with van der Waals surface area (Å²) in [6.45, 7) is 14.3. The first kappa shape index (κ1) is 8.02. The molecule has 0 amide bonds. The minimum absolute atomic E-state index is 0.720. The van der Waals surface area contributed by atoms with Crippen molar-refractivity contribution in [3.05, 3.63) is 6.92 Å². The summed E-state index contributed by atoms with van der Waals surface area (Å²) in [6, 6.07) is 0. The summed E-state index contributed by atoms with van der Waals surface area (Å²) in [6.07, 6.45) is 0. The minimum atomic E-state index is 0.720. The fourth-order valence-electron chi connectivity index (χ4n) is 1.29. The molecule has 1 aliphatic rings. The van der Waals surface area contributed by atoms with E-state index in [1.807, 2.05) is 0 Å². The molecule has 0 aliphatic carbocycles. The normalized spacial score (nSPS) is 23.4. The Kier molecular flexibility index (Phi) is 3.16. The van der Waals surface area contributed by atoms with E-state index in [0.29, 0.717) is 0 Å². The van der Waals surface area contributed by atoms with Gasteiger partial charge in [-0.05, 0) is 13.5 Å². The first-order chi connectivity index (χ1) is 4.86. The van der Waals surface area contributed by atoms with Crippen LogP contribution in [0.5, 0.6) is 0 Å². The van der Waals surface area contributed by atoms with Crippen LogP contribution in [0.15, 0.2) is 0 Å². The van der Waals surface area contributed by atoms with Crippen LogP contribution in [0.1, 0.15) is 6.92 Å². The van der Waals surface area contributed by atoms with Crippen molar-refractivity contribution in [1.29, 1.82) is 0 Å². The lowest BCUT2D eigenvalue weighted by Crippen LogP contribution is -2.45. The largest absolute Gasteiger partial charge is 0.301 e. The van der Waals surface area contributed by atoms with Gasteiger partial charge in [-0.15, -0.1) is 0 Å². The smallest absolute Gasteiger partial charge is 0.0110 e. The highest BCUT2D eigenvalue weighted by Crippen LogP contribution is 1.99. The summed E-state index contributed by atoms with van der Waals surface area (Å²) in [5.74, 6) is 0. The zero-order valence-electron chi connectivity index (χ0n) is 6.71. The second kappa shape index (κ2) is 3.94. The van der Waals surface area contributed by atoms with E-state index in [9.17, 15) is 0 Å². The van der Waals surface area contributed by atoms with E-state index < -0.39 is 0 Å². The predicted molar refractivity (Wildman–Crippen MR) is 42.9 cm³/mol. The van der Waals surface area contributed by atoms with Gasteiger partial charge >= 0.3 is 0 Å². The fraction of sp³-hybridized carbons (Fsp3) is 0.875. The first-order valence-corrected chi connectivity index (χ1v) is 4.01. The Hall–Kier alpha value is -0.0800. The third kappa shape index (κ3) is 1.96. The van der Waals surface area contributed by atoms with E-state index in [4.69, 9.17) is 6.92 Å². The maximum absolute atomic E-state index is 5.50. The van der Waals surface area contributed by atoms with Crippen molar-refractivity contribution < 1.29 is 0 Å². The second-order valence-corrected chi connectivity index (χ2v) is 2.73. The van der Waals surface area contributed by atoms with Crippen LogP contribution >= 0.6 is 0 Å². The van der Waals surface area contributed by atoms with Gasteiger partial charge in [-0.2, -0.15) is 0 Å². The highest BCUT2D eigenvalue weighted by molar-refractivity contribution is 4.70. The number of nitrogens with zero attached hydrogens (tertiary/aromatic N) is 2. The molecule has 0 N–H and O–H groups in total. The van der Waals surface area contributed by atoms with E-state index in [0.717, 1.165) is 19.6 Å². The summed E-state index contributed by atoms with van der Waals surface area (Å²) >= 11 is 0. The average Bonchev–Trinajstić information content (AvgIpc) is 2.05. The van der Waals surface area contributed by atoms with Gasteiger partial charge < -0.3 is 9.80 Å². The molecule has 0 aromatic rings. The number of likely N-dealkylation sites (N-methyl/N-ethyl adjacent to an activating group) is 1. The molecule has 0 saturated carbocycles. The molecule has 58 valence electrons. The van der Waals surface area contributed by atoms with Crippen molar-refractivity contribution in [2.45, 2.75) is 6.92 Å². The first-order valence-electron chi connectivity index (χ1n) is 4.01. The molecule has 10 heavy (non-hydrogen) atoms. The second-order valence-electron chi connectivity index (χ2n) is 2.73. The maximum Gasteiger partial charge on any atom is 0.0110 e. The Labute approximate surface area is 63.8 Å².